The van der Waals surface area contributed by atoms with Crippen molar-refractivity contribution in [3.8, 4) is 0 Å². The van der Waals surface area contributed by atoms with E-state index in [9.17, 15) is 15.0 Å². The molecule has 2 N–H and O–H groups in total. The molecule has 0 radical (unpaired) electrons. The molecular formula is C15H15ClN2O3. The van der Waals surface area contributed by atoms with Crippen LogP contribution in [0.4, 0.5) is 5.82 Å². The van der Waals surface area contributed by atoms with Crippen LogP contribution in [0.15, 0.2) is 24.3 Å². The molecule has 6 heteroatoms. The van der Waals surface area contributed by atoms with E-state index >= 15 is 0 Å². The van der Waals surface area contributed by atoms with Crippen LogP contribution in [0.3, 0.4) is 0 Å². The number of benzene rings is 1. The van der Waals surface area contributed by atoms with E-state index in [1.807, 2.05) is 11.8 Å². The fourth-order valence-electron chi connectivity index (χ4n) is 2.79. The van der Waals surface area contributed by atoms with E-state index in [0.29, 0.717) is 17.3 Å². The number of anilines is 1. The number of nitrogens with zero attached hydrogens (tertiary/aromatic N) is 2. The second-order valence-electron chi connectivity index (χ2n) is 5.25. The normalized spacial score (nSPS) is 22.0. The molecule has 0 spiro atoms. The number of aliphatic hydroxyl groups is 1. The van der Waals surface area contributed by atoms with Crippen LogP contribution in [0.1, 0.15) is 23.7 Å². The standard InChI is InChI=1S/C15H15ClN2O3/c1-8-12(19)6-7-18(8)13-5-2-9-11(17-13)4-3-10(16)14(9)15(20)21/h2-5,8,12,19H,6-7H2,1H3,(H,20,21)/t8-,12?/m0/s1. The van der Waals surface area contributed by atoms with Gasteiger partial charge in [0.2, 0.25) is 0 Å². The van der Waals surface area contributed by atoms with Crippen molar-refractivity contribution in [2.45, 2.75) is 25.5 Å². The Morgan fingerprint density at radius 1 is 1.38 bits per heavy atom. The molecule has 1 aliphatic rings. The molecule has 21 heavy (non-hydrogen) atoms. The van der Waals surface area contributed by atoms with Crippen molar-refractivity contribution in [2.24, 2.45) is 0 Å². The quantitative estimate of drug-likeness (QED) is 0.892. The highest BCUT2D eigenvalue weighted by molar-refractivity contribution is 6.35. The van der Waals surface area contributed by atoms with E-state index in [1.54, 1.807) is 24.3 Å². The highest BCUT2D eigenvalue weighted by atomic mass is 35.5. The maximum atomic E-state index is 11.3. The molecule has 0 saturated carbocycles. The van der Waals surface area contributed by atoms with Crippen LogP contribution >= 0.6 is 11.6 Å². The molecule has 110 valence electrons. The molecule has 1 unspecified atom stereocenters. The SMILES string of the molecule is C[C@H]1C(O)CCN1c1ccc2c(C(=O)O)c(Cl)ccc2n1. The molecular weight excluding hydrogens is 292 g/mol. The number of carboxylic acids is 1. The third-order valence-electron chi connectivity index (χ3n) is 4.03. The fraction of sp³-hybridized carbons (Fsp3) is 0.333. The zero-order valence-electron chi connectivity index (χ0n) is 11.5. The van der Waals surface area contributed by atoms with Gasteiger partial charge in [-0.3, -0.25) is 0 Å². The van der Waals surface area contributed by atoms with Gasteiger partial charge in [-0.15, -0.1) is 0 Å². The average molecular weight is 307 g/mol. The molecule has 2 atom stereocenters. The van der Waals surface area contributed by atoms with Crippen molar-refractivity contribution in [3.05, 3.63) is 34.9 Å². The van der Waals surface area contributed by atoms with Crippen LogP contribution in [-0.2, 0) is 0 Å². The first-order chi connectivity index (χ1) is 9.99. The van der Waals surface area contributed by atoms with Crippen LogP contribution in [0, 0.1) is 0 Å². The molecule has 2 heterocycles. The second kappa shape index (κ2) is 5.16. The van der Waals surface area contributed by atoms with Gasteiger partial charge in [0, 0.05) is 11.9 Å². The van der Waals surface area contributed by atoms with Crippen LogP contribution in [-0.4, -0.2) is 39.9 Å². The number of halogens is 1. The molecule has 1 saturated heterocycles. The van der Waals surface area contributed by atoms with Gasteiger partial charge in [-0.05, 0) is 37.6 Å². The Morgan fingerprint density at radius 3 is 2.76 bits per heavy atom. The summed E-state index contributed by atoms with van der Waals surface area (Å²) in [6, 6.07) is 6.77. The van der Waals surface area contributed by atoms with Gasteiger partial charge in [-0.2, -0.15) is 0 Å². The Hall–Kier alpha value is -1.85. The zero-order chi connectivity index (χ0) is 15.1. The van der Waals surface area contributed by atoms with Crippen molar-refractivity contribution < 1.29 is 15.0 Å². The molecule has 1 aromatic heterocycles. The minimum Gasteiger partial charge on any atom is -0.478 e. The summed E-state index contributed by atoms with van der Waals surface area (Å²) >= 11 is 5.96. The highest BCUT2D eigenvalue weighted by Gasteiger charge is 2.30. The second-order valence-corrected chi connectivity index (χ2v) is 5.66. The fourth-order valence-corrected chi connectivity index (χ4v) is 3.04. The number of aromatic nitrogens is 1. The van der Waals surface area contributed by atoms with Crippen molar-refractivity contribution >= 4 is 34.3 Å². The Kier molecular flexibility index (Phi) is 3.47. The van der Waals surface area contributed by atoms with Gasteiger partial charge in [0.05, 0.1) is 28.2 Å². The summed E-state index contributed by atoms with van der Waals surface area (Å²) < 4.78 is 0. The minimum atomic E-state index is -1.06. The highest BCUT2D eigenvalue weighted by Crippen LogP contribution is 2.29. The first-order valence-electron chi connectivity index (χ1n) is 6.76. The Labute approximate surface area is 126 Å². The van der Waals surface area contributed by atoms with E-state index in [0.717, 1.165) is 12.4 Å². The lowest BCUT2D eigenvalue weighted by Crippen LogP contribution is -2.32. The van der Waals surface area contributed by atoms with E-state index in [-0.39, 0.29) is 22.7 Å². The van der Waals surface area contributed by atoms with Crippen LogP contribution < -0.4 is 4.90 Å². The number of aromatic carboxylic acids is 1. The number of carboxylic acid groups (broad SMARTS) is 1. The summed E-state index contributed by atoms with van der Waals surface area (Å²) in [5, 5.41) is 19.8. The zero-order valence-corrected chi connectivity index (χ0v) is 12.2. The summed E-state index contributed by atoms with van der Waals surface area (Å²) in [5.41, 5.74) is 0.658. The van der Waals surface area contributed by atoms with Gasteiger partial charge in [-0.25, -0.2) is 9.78 Å². The predicted molar refractivity (Wildman–Crippen MR) is 81.1 cm³/mol. The van der Waals surface area contributed by atoms with E-state index in [1.165, 1.54) is 0 Å². The number of carbonyl (C=O) groups is 1. The summed E-state index contributed by atoms with van der Waals surface area (Å²) in [5.74, 6) is -0.324. The molecule has 1 aromatic carbocycles. The first-order valence-corrected chi connectivity index (χ1v) is 7.14. The Balaban J connectivity index is 2.10. The molecule has 0 bridgehead atoms. The monoisotopic (exact) mass is 306 g/mol. The lowest BCUT2D eigenvalue weighted by molar-refractivity contribution is 0.0699. The number of aliphatic hydroxyl groups excluding tert-OH is 1. The van der Waals surface area contributed by atoms with Crippen molar-refractivity contribution in [3.63, 3.8) is 0 Å². The molecule has 3 rings (SSSR count). The van der Waals surface area contributed by atoms with E-state index in [2.05, 4.69) is 4.98 Å². The smallest absolute Gasteiger partial charge is 0.337 e. The number of hydrogen-bond acceptors (Lipinski definition) is 4. The van der Waals surface area contributed by atoms with E-state index < -0.39 is 5.97 Å². The number of pyridine rings is 1. The molecule has 0 aliphatic carbocycles. The largest absolute Gasteiger partial charge is 0.478 e. The molecule has 2 aromatic rings. The maximum Gasteiger partial charge on any atom is 0.337 e. The Bertz CT molecular complexity index is 719. The van der Waals surface area contributed by atoms with Crippen LogP contribution in [0.5, 0.6) is 0 Å². The van der Waals surface area contributed by atoms with Crippen molar-refractivity contribution in [1.82, 2.24) is 4.98 Å². The third-order valence-corrected chi connectivity index (χ3v) is 4.34. The van der Waals surface area contributed by atoms with Gasteiger partial charge in [0.15, 0.2) is 0 Å². The topological polar surface area (TPSA) is 73.7 Å². The number of rotatable bonds is 2. The van der Waals surface area contributed by atoms with Gasteiger partial charge in [0.1, 0.15) is 5.82 Å². The molecule has 1 fully saturated rings. The summed E-state index contributed by atoms with van der Waals surface area (Å²) in [7, 11) is 0. The lowest BCUT2D eigenvalue weighted by atomic mass is 10.1. The predicted octanol–water partition coefficient (Wildman–Crippen LogP) is 2.55. The van der Waals surface area contributed by atoms with Crippen LogP contribution in [0.2, 0.25) is 5.02 Å². The lowest BCUT2D eigenvalue weighted by Gasteiger charge is -2.24. The van der Waals surface area contributed by atoms with E-state index in [4.69, 9.17) is 11.6 Å². The van der Waals surface area contributed by atoms with Gasteiger partial charge in [-0.1, -0.05) is 11.6 Å². The molecule has 1 aliphatic heterocycles. The van der Waals surface area contributed by atoms with Crippen LogP contribution in [0.25, 0.3) is 10.9 Å². The van der Waals surface area contributed by atoms with Crippen molar-refractivity contribution in [2.75, 3.05) is 11.4 Å². The number of hydrogen-bond donors (Lipinski definition) is 2. The Morgan fingerprint density at radius 2 is 2.14 bits per heavy atom. The third kappa shape index (κ3) is 2.32. The summed E-state index contributed by atoms with van der Waals surface area (Å²) in [4.78, 5) is 17.9. The first kappa shape index (κ1) is 14.1. The maximum absolute atomic E-state index is 11.3. The summed E-state index contributed by atoms with van der Waals surface area (Å²) in [6.07, 6.45) is 0.351. The van der Waals surface area contributed by atoms with Gasteiger partial charge >= 0.3 is 5.97 Å². The average Bonchev–Trinajstić information content (AvgIpc) is 2.78. The van der Waals surface area contributed by atoms with Gasteiger partial charge < -0.3 is 15.1 Å². The molecule has 5 nitrogen and oxygen atoms in total. The number of fused-ring (bicyclic) bond motifs is 1. The van der Waals surface area contributed by atoms with Crippen molar-refractivity contribution in [1.29, 1.82) is 0 Å². The minimum absolute atomic E-state index is 0.00111. The summed E-state index contributed by atoms with van der Waals surface area (Å²) in [6.45, 7) is 2.69. The molecule has 0 amide bonds. The van der Waals surface area contributed by atoms with Gasteiger partial charge in [0.25, 0.3) is 0 Å².